The summed E-state index contributed by atoms with van der Waals surface area (Å²) in [6.45, 7) is 0. The lowest BCUT2D eigenvalue weighted by Crippen LogP contribution is -2.38. The van der Waals surface area contributed by atoms with Gasteiger partial charge in [-0.3, -0.25) is 0 Å². The van der Waals surface area contributed by atoms with Crippen LogP contribution < -0.4 is 0 Å². The van der Waals surface area contributed by atoms with Crippen LogP contribution in [0.3, 0.4) is 0 Å². The van der Waals surface area contributed by atoms with Crippen molar-refractivity contribution in [3.63, 3.8) is 0 Å². The standard InChI is InChI=1S/C11F12/c12-4-1-2(5(13)7(15)6(4)14)9(17,18)8(16)3(1)10(19,20)11(21,22)23. The van der Waals surface area contributed by atoms with Gasteiger partial charge in [-0.2, -0.15) is 30.7 Å². The van der Waals surface area contributed by atoms with Gasteiger partial charge in [0.15, 0.2) is 29.1 Å². The van der Waals surface area contributed by atoms with Gasteiger partial charge >= 0.3 is 18.0 Å². The minimum absolute atomic E-state index is 2.70. The first-order chi connectivity index (χ1) is 10.2. The predicted octanol–water partition coefficient (Wildman–Crippen LogP) is 5.23. The molecule has 0 aromatic heterocycles. The van der Waals surface area contributed by atoms with E-state index >= 15 is 0 Å². The Morgan fingerprint density at radius 1 is 0.652 bits per heavy atom. The lowest BCUT2D eigenvalue weighted by atomic mass is 9.98. The summed E-state index contributed by atoms with van der Waals surface area (Å²) in [4.78, 5) is 0. The average molecular weight is 360 g/mol. The fourth-order valence-corrected chi connectivity index (χ4v) is 1.97. The van der Waals surface area contributed by atoms with Crippen molar-refractivity contribution in [2.24, 2.45) is 0 Å². The minimum Gasteiger partial charge on any atom is -0.204 e. The molecule has 0 atom stereocenters. The zero-order chi connectivity index (χ0) is 18.1. The van der Waals surface area contributed by atoms with E-state index < -0.39 is 63.8 Å². The highest BCUT2D eigenvalue weighted by Gasteiger charge is 2.68. The number of fused-ring (bicyclic) bond motifs is 1. The molecule has 0 heterocycles. The Kier molecular flexibility index (Phi) is 3.47. The Balaban J connectivity index is 2.99. The third-order valence-corrected chi connectivity index (χ3v) is 3.00. The highest BCUT2D eigenvalue weighted by molar-refractivity contribution is 5.82. The number of benzene rings is 1. The van der Waals surface area contributed by atoms with Gasteiger partial charge in [-0.1, -0.05) is 0 Å². The molecule has 0 aliphatic heterocycles. The third-order valence-electron chi connectivity index (χ3n) is 3.00. The molecular formula is C11F12. The molecule has 0 fully saturated rings. The van der Waals surface area contributed by atoms with Crippen molar-refractivity contribution in [1.82, 2.24) is 0 Å². The van der Waals surface area contributed by atoms with E-state index in [0.717, 1.165) is 0 Å². The minimum atomic E-state index is -6.69. The van der Waals surface area contributed by atoms with E-state index in [1.807, 2.05) is 0 Å². The molecule has 0 amide bonds. The first kappa shape index (κ1) is 17.5. The lowest BCUT2D eigenvalue weighted by molar-refractivity contribution is -0.254. The normalized spacial score (nSPS) is 17.7. The van der Waals surface area contributed by atoms with Crippen molar-refractivity contribution < 1.29 is 52.7 Å². The van der Waals surface area contributed by atoms with Gasteiger partial charge in [0.2, 0.25) is 0 Å². The predicted molar refractivity (Wildman–Crippen MR) is 49.2 cm³/mol. The van der Waals surface area contributed by atoms with Gasteiger partial charge in [0.25, 0.3) is 0 Å². The van der Waals surface area contributed by atoms with Gasteiger partial charge in [-0.15, -0.1) is 0 Å². The van der Waals surface area contributed by atoms with Crippen LogP contribution in [-0.2, 0) is 5.92 Å². The van der Waals surface area contributed by atoms with Gasteiger partial charge in [-0.05, 0) is 0 Å². The summed E-state index contributed by atoms with van der Waals surface area (Å²) in [5.74, 6) is -27.3. The Morgan fingerprint density at radius 3 is 1.52 bits per heavy atom. The maximum Gasteiger partial charge on any atom is 0.458 e. The van der Waals surface area contributed by atoms with Crippen LogP contribution in [-0.4, -0.2) is 12.1 Å². The average Bonchev–Trinajstić information content (AvgIpc) is 2.61. The molecule has 0 nitrogen and oxygen atoms in total. The summed E-state index contributed by atoms with van der Waals surface area (Å²) in [7, 11) is 0. The summed E-state index contributed by atoms with van der Waals surface area (Å²) in [6.07, 6.45) is -6.69. The molecule has 23 heavy (non-hydrogen) atoms. The van der Waals surface area contributed by atoms with E-state index in [4.69, 9.17) is 0 Å². The zero-order valence-corrected chi connectivity index (χ0v) is 10.0. The lowest BCUT2D eigenvalue weighted by Gasteiger charge is -2.21. The maximum absolute atomic E-state index is 13.4. The van der Waals surface area contributed by atoms with Crippen LogP contribution in [0.25, 0.3) is 5.57 Å². The van der Waals surface area contributed by atoms with E-state index in [1.165, 1.54) is 0 Å². The molecule has 0 unspecified atom stereocenters. The molecule has 0 saturated carbocycles. The number of rotatable bonds is 1. The van der Waals surface area contributed by atoms with Crippen LogP contribution in [0.4, 0.5) is 52.7 Å². The Hall–Kier alpha value is -1.88. The highest BCUT2D eigenvalue weighted by atomic mass is 19.4. The molecule has 1 aromatic rings. The molecule has 1 aromatic carbocycles. The molecule has 1 aliphatic rings. The molecule has 0 saturated heterocycles. The molecule has 128 valence electrons. The second-order valence-corrected chi connectivity index (χ2v) is 4.34. The smallest absolute Gasteiger partial charge is 0.204 e. The fourth-order valence-electron chi connectivity index (χ4n) is 1.97. The van der Waals surface area contributed by atoms with E-state index in [9.17, 15) is 52.7 Å². The van der Waals surface area contributed by atoms with E-state index in [2.05, 4.69) is 0 Å². The van der Waals surface area contributed by atoms with Gasteiger partial charge in [0, 0.05) is 5.56 Å². The Labute approximate surface area is 118 Å². The Morgan fingerprint density at radius 2 is 1.09 bits per heavy atom. The zero-order valence-electron chi connectivity index (χ0n) is 10.0. The number of hydrogen-bond acceptors (Lipinski definition) is 0. The van der Waals surface area contributed by atoms with Crippen molar-refractivity contribution in [3.8, 4) is 0 Å². The second kappa shape index (κ2) is 4.57. The van der Waals surface area contributed by atoms with Crippen LogP contribution >= 0.6 is 0 Å². The Bertz CT molecular complexity index is 724. The molecule has 0 radical (unpaired) electrons. The number of halogens is 12. The number of alkyl halides is 7. The summed E-state index contributed by atoms with van der Waals surface area (Å²) in [5.41, 5.74) is -8.78. The van der Waals surface area contributed by atoms with Crippen molar-refractivity contribution in [2.45, 2.75) is 18.0 Å². The first-order valence-electron chi connectivity index (χ1n) is 5.27. The number of allylic oxidation sites excluding steroid dienone is 2. The fraction of sp³-hybridized carbons (Fsp3) is 0.273. The van der Waals surface area contributed by atoms with Crippen molar-refractivity contribution in [1.29, 1.82) is 0 Å². The van der Waals surface area contributed by atoms with Crippen LogP contribution in [0.5, 0.6) is 0 Å². The highest BCUT2D eigenvalue weighted by Crippen LogP contribution is 2.59. The molecule has 0 N–H and O–H groups in total. The van der Waals surface area contributed by atoms with Crippen LogP contribution in [0.15, 0.2) is 5.83 Å². The summed E-state index contributed by atoms with van der Waals surface area (Å²) >= 11 is 0. The van der Waals surface area contributed by atoms with E-state index in [1.54, 1.807) is 0 Å². The molecular weight excluding hydrogens is 360 g/mol. The molecule has 2 rings (SSSR count). The summed E-state index contributed by atoms with van der Waals surface area (Å²) < 4.78 is 156. The SMILES string of the molecule is FC1=C(C(F)(F)C(F)(F)F)c2c(F)c(F)c(F)c(F)c2C1(F)F. The molecule has 0 bridgehead atoms. The molecule has 0 spiro atoms. The van der Waals surface area contributed by atoms with Crippen LogP contribution in [0.1, 0.15) is 11.1 Å². The topological polar surface area (TPSA) is 0 Å². The maximum atomic E-state index is 13.4. The largest absolute Gasteiger partial charge is 0.458 e. The summed E-state index contributed by atoms with van der Waals surface area (Å²) in [5, 5.41) is 0. The van der Waals surface area contributed by atoms with Crippen LogP contribution in [0, 0.1) is 23.3 Å². The second-order valence-electron chi connectivity index (χ2n) is 4.34. The van der Waals surface area contributed by atoms with E-state index in [0.29, 0.717) is 0 Å². The first-order valence-corrected chi connectivity index (χ1v) is 5.27. The summed E-state index contributed by atoms with van der Waals surface area (Å²) in [6, 6.07) is 0. The van der Waals surface area contributed by atoms with Gasteiger partial charge in [0.05, 0.1) is 11.1 Å². The van der Waals surface area contributed by atoms with Gasteiger partial charge in [-0.25, -0.2) is 22.0 Å². The van der Waals surface area contributed by atoms with E-state index in [-0.39, 0.29) is 0 Å². The van der Waals surface area contributed by atoms with Crippen molar-refractivity contribution in [3.05, 3.63) is 40.2 Å². The quantitative estimate of drug-likeness (QED) is 0.366. The van der Waals surface area contributed by atoms with Gasteiger partial charge in [0.1, 0.15) is 0 Å². The monoisotopic (exact) mass is 360 g/mol. The van der Waals surface area contributed by atoms with Crippen molar-refractivity contribution in [2.75, 3.05) is 0 Å². The number of hydrogen-bond donors (Lipinski definition) is 0. The molecule has 1 aliphatic carbocycles. The van der Waals surface area contributed by atoms with Crippen molar-refractivity contribution >= 4 is 5.57 Å². The van der Waals surface area contributed by atoms with Crippen LogP contribution in [0.2, 0.25) is 0 Å². The molecule has 12 heteroatoms. The van der Waals surface area contributed by atoms with Gasteiger partial charge < -0.3 is 0 Å². The third kappa shape index (κ3) is 2.02.